The van der Waals surface area contributed by atoms with E-state index in [1.165, 1.54) is 5.56 Å². The third kappa shape index (κ3) is 2.27. The van der Waals surface area contributed by atoms with E-state index in [0.29, 0.717) is 5.92 Å². The molecule has 1 aliphatic heterocycles. The van der Waals surface area contributed by atoms with Crippen LogP contribution in [0.2, 0.25) is 0 Å². The predicted molar refractivity (Wildman–Crippen MR) is 78.7 cm³/mol. The van der Waals surface area contributed by atoms with Gasteiger partial charge in [-0.1, -0.05) is 26.0 Å². The predicted octanol–water partition coefficient (Wildman–Crippen LogP) is 2.88. The molecule has 4 nitrogen and oxygen atoms in total. The van der Waals surface area contributed by atoms with Gasteiger partial charge in [-0.25, -0.2) is 9.97 Å². The van der Waals surface area contributed by atoms with E-state index in [9.17, 15) is 0 Å². The minimum atomic E-state index is 0.399. The summed E-state index contributed by atoms with van der Waals surface area (Å²) in [5.41, 5.74) is 4.55. The number of methoxy groups -OCH3 is 1. The number of hydrogen-bond donors (Lipinski definition) is 1. The van der Waals surface area contributed by atoms with Crippen LogP contribution in [0.3, 0.4) is 0 Å². The second-order valence-corrected chi connectivity index (χ2v) is 5.35. The van der Waals surface area contributed by atoms with Crippen LogP contribution in [0, 0.1) is 0 Å². The van der Waals surface area contributed by atoms with E-state index in [-0.39, 0.29) is 0 Å². The molecule has 0 saturated carbocycles. The first kappa shape index (κ1) is 13.1. The van der Waals surface area contributed by atoms with Gasteiger partial charge in [0.1, 0.15) is 5.75 Å². The zero-order valence-corrected chi connectivity index (χ0v) is 12.1. The maximum absolute atomic E-state index is 5.28. The van der Waals surface area contributed by atoms with Crippen LogP contribution < -0.4 is 10.1 Å². The molecule has 0 fully saturated rings. The van der Waals surface area contributed by atoms with Crippen molar-refractivity contribution in [3.05, 3.63) is 41.2 Å². The topological polar surface area (TPSA) is 47.0 Å². The molecular formula is C16H19N3O. The van der Waals surface area contributed by atoms with E-state index >= 15 is 0 Å². The highest BCUT2D eigenvalue weighted by Gasteiger charge is 2.21. The molecular weight excluding hydrogens is 250 g/mol. The maximum Gasteiger partial charge on any atom is 0.159 e. The molecule has 0 saturated heterocycles. The van der Waals surface area contributed by atoms with Gasteiger partial charge >= 0.3 is 0 Å². The van der Waals surface area contributed by atoms with Gasteiger partial charge < -0.3 is 10.1 Å². The van der Waals surface area contributed by atoms with E-state index in [2.05, 4.69) is 19.2 Å². The Hall–Kier alpha value is -1.94. The Bertz CT molecular complexity index is 638. The fraction of sp³-hybridized carbons (Fsp3) is 0.375. The van der Waals surface area contributed by atoms with E-state index in [1.54, 1.807) is 7.11 Å². The molecule has 1 aromatic carbocycles. The van der Waals surface area contributed by atoms with Crippen molar-refractivity contribution in [2.45, 2.75) is 32.9 Å². The highest BCUT2D eigenvalue weighted by atomic mass is 16.5. The average molecular weight is 269 g/mol. The molecule has 20 heavy (non-hydrogen) atoms. The van der Waals surface area contributed by atoms with Gasteiger partial charge in [0.2, 0.25) is 0 Å². The fourth-order valence-corrected chi connectivity index (χ4v) is 2.56. The first-order chi connectivity index (χ1) is 9.69. The van der Waals surface area contributed by atoms with Crippen molar-refractivity contribution in [2.24, 2.45) is 0 Å². The van der Waals surface area contributed by atoms with E-state index in [0.717, 1.165) is 41.6 Å². The van der Waals surface area contributed by atoms with Gasteiger partial charge in [0, 0.05) is 24.2 Å². The van der Waals surface area contributed by atoms with Crippen molar-refractivity contribution >= 4 is 0 Å². The van der Waals surface area contributed by atoms with Gasteiger partial charge in [-0.15, -0.1) is 0 Å². The summed E-state index contributed by atoms with van der Waals surface area (Å²) in [7, 11) is 1.67. The quantitative estimate of drug-likeness (QED) is 0.930. The Kier molecular flexibility index (Phi) is 3.40. The first-order valence-electron chi connectivity index (χ1n) is 6.94. The molecule has 1 aliphatic rings. The lowest BCUT2D eigenvalue weighted by Gasteiger charge is -2.12. The van der Waals surface area contributed by atoms with E-state index in [4.69, 9.17) is 14.7 Å². The van der Waals surface area contributed by atoms with Crippen molar-refractivity contribution in [2.75, 3.05) is 7.11 Å². The summed E-state index contributed by atoms with van der Waals surface area (Å²) < 4.78 is 5.28. The molecule has 0 bridgehead atoms. The Labute approximate surface area is 119 Å². The fourth-order valence-electron chi connectivity index (χ4n) is 2.56. The first-order valence-corrected chi connectivity index (χ1v) is 6.94. The lowest BCUT2D eigenvalue weighted by molar-refractivity contribution is 0.415. The second-order valence-electron chi connectivity index (χ2n) is 5.35. The number of rotatable bonds is 3. The minimum absolute atomic E-state index is 0.399. The molecule has 1 aromatic heterocycles. The van der Waals surface area contributed by atoms with Gasteiger partial charge in [0.15, 0.2) is 5.82 Å². The van der Waals surface area contributed by atoms with Crippen LogP contribution in [0.15, 0.2) is 24.3 Å². The molecule has 3 rings (SSSR count). The summed E-state index contributed by atoms with van der Waals surface area (Å²) in [5.74, 6) is 2.02. The van der Waals surface area contributed by atoms with Crippen LogP contribution in [-0.4, -0.2) is 17.1 Å². The Morgan fingerprint density at radius 1 is 1.20 bits per heavy atom. The van der Waals surface area contributed by atoms with Crippen LogP contribution >= 0.6 is 0 Å². The molecule has 4 heteroatoms. The van der Waals surface area contributed by atoms with Crippen LogP contribution in [0.1, 0.15) is 36.7 Å². The SMILES string of the molecule is COc1cccc(-c2nc3c(c(C(C)C)n2)CNC3)c1. The van der Waals surface area contributed by atoms with Crippen molar-refractivity contribution in [3.63, 3.8) is 0 Å². The lowest BCUT2D eigenvalue weighted by atomic mass is 10.0. The molecule has 0 radical (unpaired) electrons. The largest absolute Gasteiger partial charge is 0.497 e. The number of nitrogens with zero attached hydrogens (tertiary/aromatic N) is 2. The van der Waals surface area contributed by atoms with Gasteiger partial charge in [-0.3, -0.25) is 0 Å². The summed E-state index contributed by atoms with van der Waals surface area (Å²) in [5, 5.41) is 3.36. The second kappa shape index (κ2) is 5.21. The summed E-state index contributed by atoms with van der Waals surface area (Å²) >= 11 is 0. The third-order valence-electron chi connectivity index (χ3n) is 3.59. The highest BCUT2D eigenvalue weighted by Crippen LogP contribution is 2.28. The molecule has 104 valence electrons. The van der Waals surface area contributed by atoms with Crippen LogP contribution in [0.5, 0.6) is 5.75 Å². The van der Waals surface area contributed by atoms with Crippen molar-refractivity contribution in [1.82, 2.24) is 15.3 Å². The molecule has 0 spiro atoms. The van der Waals surface area contributed by atoms with E-state index in [1.807, 2.05) is 24.3 Å². The average Bonchev–Trinajstić information content (AvgIpc) is 2.94. The van der Waals surface area contributed by atoms with Crippen LogP contribution in [0.4, 0.5) is 0 Å². The minimum Gasteiger partial charge on any atom is -0.497 e. The number of ether oxygens (including phenoxy) is 1. The maximum atomic E-state index is 5.28. The Morgan fingerprint density at radius 3 is 2.80 bits per heavy atom. The number of fused-ring (bicyclic) bond motifs is 1. The van der Waals surface area contributed by atoms with Crippen molar-refractivity contribution in [1.29, 1.82) is 0 Å². The lowest BCUT2D eigenvalue weighted by Crippen LogP contribution is -2.05. The van der Waals surface area contributed by atoms with Crippen LogP contribution in [0.25, 0.3) is 11.4 Å². The molecule has 2 aromatic rings. The smallest absolute Gasteiger partial charge is 0.159 e. The summed E-state index contributed by atoms with van der Waals surface area (Å²) in [6, 6.07) is 7.91. The standard InChI is InChI=1S/C16H19N3O/c1-10(2)15-13-8-17-9-14(13)18-16(19-15)11-5-4-6-12(7-11)20-3/h4-7,10,17H,8-9H2,1-3H3. The zero-order chi connectivity index (χ0) is 14.1. The number of hydrogen-bond acceptors (Lipinski definition) is 4. The Balaban J connectivity index is 2.12. The normalized spacial score (nSPS) is 13.6. The number of nitrogens with one attached hydrogen (secondary N) is 1. The van der Waals surface area contributed by atoms with Gasteiger partial charge in [-0.2, -0.15) is 0 Å². The zero-order valence-electron chi connectivity index (χ0n) is 12.1. The molecule has 0 unspecified atom stereocenters. The summed E-state index contributed by atoms with van der Waals surface area (Å²) in [6.07, 6.45) is 0. The Morgan fingerprint density at radius 2 is 2.05 bits per heavy atom. The van der Waals surface area contributed by atoms with Crippen molar-refractivity contribution < 1.29 is 4.74 Å². The molecule has 1 N–H and O–H groups in total. The monoisotopic (exact) mass is 269 g/mol. The highest BCUT2D eigenvalue weighted by molar-refractivity contribution is 5.58. The third-order valence-corrected chi connectivity index (χ3v) is 3.59. The van der Waals surface area contributed by atoms with E-state index < -0.39 is 0 Å². The molecule has 0 aliphatic carbocycles. The van der Waals surface area contributed by atoms with Gasteiger partial charge in [0.05, 0.1) is 18.5 Å². The molecule has 0 atom stereocenters. The number of aromatic nitrogens is 2. The van der Waals surface area contributed by atoms with Gasteiger partial charge in [0.25, 0.3) is 0 Å². The van der Waals surface area contributed by atoms with Crippen LogP contribution in [-0.2, 0) is 13.1 Å². The number of benzene rings is 1. The molecule has 2 heterocycles. The van der Waals surface area contributed by atoms with Crippen molar-refractivity contribution in [3.8, 4) is 17.1 Å². The summed E-state index contributed by atoms with van der Waals surface area (Å²) in [6.45, 7) is 6.06. The summed E-state index contributed by atoms with van der Waals surface area (Å²) in [4.78, 5) is 9.50. The molecule has 0 amide bonds. The van der Waals surface area contributed by atoms with Gasteiger partial charge in [-0.05, 0) is 18.1 Å².